The minimum absolute atomic E-state index is 0.267. The maximum absolute atomic E-state index is 6.12. The summed E-state index contributed by atoms with van der Waals surface area (Å²) < 4.78 is 17.7. The Morgan fingerprint density at radius 2 is 1.75 bits per heavy atom. The van der Waals surface area contributed by atoms with E-state index < -0.39 is 0 Å². The fraction of sp³-hybridized carbons (Fsp3) is 0.500. The van der Waals surface area contributed by atoms with Crippen LogP contribution in [0.15, 0.2) is 23.7 Å². The van der Waals surface area contributed by atoms with Crippen molar-refractivity contribution in [3.05, 3.63) is 34.8 Å². The van der Waals surface area contributed by atoms with E-state index >= 15 is 0 Å². The number of hydrogen-bond acceptors (Lipinski definition) is 3. The normalized spacial score (nSPS) is 22.6. The molecule has 1 saturated heterocycles. The fourth-order valence-electron chi connectivity index (χ4n) is 2.69. The number of rotatable bonds is 2. The van der Waals surface area contributed by atoms with Crippen LogP contribution < -0.4 is 4.74 Å². The minimum atomic E-state index is -0.294. The van der Waals surface area contributed by atoms with Gasteiger partial charge in [-0.1, -0.05) is 18.2 Å². The highest BCUT2D eigenvalue weighted by molar-refractivity contribution is 6.56. The zero-order valence-electron chi connectivity index (χ0n) is 12.8. The average Bonchev–Trinajstić information content (AvgIpc) is 2.88. The molecular formula is C16H21BO3. The standard InChI is InChI=1S/C16H21BO3/c1-15(2)16(3,4)20-17(19-15)12-9-11-7-6-8-14(18-5)13(11)10-12/h6-8,10H,9H2,1-5H3. The lowest BCUT2D eigenvalue weighted by molar-refractivity contribution is 0.00578. The number of ether oxygens (including phenoxy) is 1. The maximum Gasteiger partial charge on any atom is 0.490 e. The molecule has 3 rings (SSSR count). The van der Waals surface area contributed by atoms with Gasteiger partial charge in [0.25, 0.3) is 0 Å². The van der Waals surface area contributed by atoms with Crippen LogP contribution in [0.2, 0.25) is 0 Å². The van der Waals surface area contributed by atoms with Gasteiger partial charge in [-0.25, -0.2) is 0 Å². The highest BCUT2D eigenvalue weighted by atomic mass is 16.7. The SMILES string of the molecule is COc1cccc2c1C=C(B1OC(C)(C)C(C)(C)O1)C2. The first kappa shape index (κ1) is 13.7. The van der Waals surface area contributed by atoms with E-state index in [9.17, 15) is 0 Å². The van der Waals surface area contributed by atoms with Gasteiger partial charge < -0.3 is 14.0 Å². The van der Waals surface area contributed by atoms with Crippen LogP contribution in [0.4, 0.5) is 0 Å². The summed E-state index contributed by atoms with van der Waals surface area (Å²) in [4.78, 5) is 0. The number of fused-ring (bicyclic) bond motifs is 1. The zero-order valence-corrected chi connectivity index (χ0v) is 12.8. The molecule has 1 heterocycles. The van der Waals surface area contributed by atoms with E-state index in [1.807, 2.05) is 12.1 Å². The van der Waals surface area contributed by atoms with Gasteiger partial charge in [-0.15, -0.1) is 0 Å². The van der Waals surface area contributed by atoms with Crippen molar-refractivity contribution in [1.82, 2.24) is 0 Å². The Bertz CT molecular complexity index is 559. The summed E-state index contributed by atoms with van der Waals surface area (Å²) in [6.45, 7) is 8.32. The summed E-state index contributed by atoms with van der Waals surface area (Å²) in [5.41, 5.74) is 3.01. The number of benzene rings is 1. The summed E-state index contributed by atoms with van der Waals surface area (Å²) >= 11 is 0. The molecule has 4 heteroatoms. The molecule has 20 heavy (non-hydrogen) atoms. The summed E-state index contributed by atoms with van der Waals surface area (Å²) in [5, 5.41) is 0. The van der Waals surface area contributed by atoms with Gasteiger partial charge in [-0.2, -0.15) is 0 Å². The molecule has 1 fully saturated rings. The molecule has 0 aromatic heterocycles. The summed E-state index contributed by atoms with van der Waals surface area (Å²) in [6.07, 6.45) is 3.01. The van der Waals surface area contributed by atoms with Crippen molar-refractivity contribution in [2.45, 2.75) is 45.3 Å². The molecule has 3 nitrogen and oxygen atoms in total. The van der Waals surface area contributed by atoms with E-state index in [1.54, 1.807) is 7.11 Å². The Balaban J connectivity index is 1.89. The van der Waals surface area contributed by atoms with Gasteiger partial charge in [-0.3, -0.25) is 0 Å². The molecular weight excluding hydrogens is 251 g/mol. The quantitative estimate of drug-likeness (QED) is 0.773. The van der Waals surface area contributed by atoms with Crippen LogP contribution in [0, 0.1) is 0 Å². The topological polar surface area (TPSA) is 27.7 Å². The smallest absolute Gasteiger partial charge is 0.490 e. The van der Waals surface area contributed by atoms with Crippen molar-refractivity contribution in [3.8, 4) is 5.75 Å². The number of methoxy groups -OCH3 is 1. The Hall–Kier alpha value is -1.26. The summed E-state index contributed by atoms with van der Waals surface area (Å²) in [6, 6.07) is 6.15. The summed E-state index contributed by atoms with van der Waals surface area (Å²) in [7, 11) is 1.44. The van der Waals surface area contributed by atoms with Crippen LogP contribution in [0.1, 0.15) is 38.8 Å². The van der Waals surface area contributed by atoms with Crippen LogP contribution >= 0.6 is 0 Å². The Labute approximate surface area is 121 Å². The molecule has 0 unspecified atom stereocenters. The maximum atomic E-state index is 6.12. The van der Waals surface area contributed by atoms with E-state index in [2.05, 4.69) is 39.8 Å². The molecule has 1 aromatic carbocycles. The minimum Gasteiger partial charge on any atom is -0.496 e. The molecule has 106 valence electrons. The largest absolute Gasteiger partial charge is 0.496 e. The Morgan fingerprint density at radius 3 is 2.35 bits per heavy atom. The van der Waals surface area contributed by atoms with Crippen molar-refractivity contribution in [2.24, 2.45) is 0 Å². The predicted octanol–water partition coefficient (Wildman–Crippen LogP) is 3.27. The highest BCUT2D eigenvalue weighted by Crippen LogP contribution is 2.42. The van der Waals surface area contributed by atoms with Crippen LogP contribution in [0.25, 0.3) is 6.08 Å². The lowest BCUT2D eigenvalue weighted by atomic mass is 9.77. The van der Waals surface area contributed by atoms with Gasteiger partial charge in [0.2, 0.25) is 0 Å². The average molecular weight is 272 g/mol. The van der Waals surface area contributed by atoms with E-state index in [0.29, 0.717) is 0 Å². The fourth-order valence-corrected chi connectivity index (χ4v) is 2.69. The summed E-state index contributed by atoms with van der Waals surface area (Å²) in [5.74, 6) is 0.911. The second kappa shape index (κ2) is 4.37. The molecule has 0 bridgehead atoms. The molecule has 0 atom stereocenters. The second-order valence-corrected chi connectivity index (χ2v) is 6.52. The van der Waals surface area contributed by atoms with Crippen molar-refractivity contribution in [3.63, 3.8) is 0 Å². The third-order valence-electron chi connectivity index (χ3n) is 4.66. The van der Waals surface area contributed by atoms with Gasteiger partial charge in [0.05, 0.1) is 18.3 Å². The first-order chi connectivity index (χ1) is 9.34. The second-order valence-electron chi connectivity index (χ2n) is 6.52. The third-order valence-corrected chi connectivity index (χ3v) is 4.66. The molecule has 2 aliphatic rings. The van der Waals surface area contributed by atoms with Gasteiger partial charge in [0.1, 0.15) is 5.75 Å². The number of hydrogen-bond donors (Lipinski definition) is 0. The van der Waals surface area contributed by atoms with Gasteiger partial charge in [0.15, 0.2) is 0 Å². The van der Waals surface area contributed by atoms with Crippen molar-refractivity contribution in [2.75, 3.05) is 7.11 Å². The zero-order chi connectivity index (χ0) is 14.5. The monoisotopic (exact) mass is 272 g/mol. The molecule has 0 N–H and O–H groups in total. The van der Waals surface area contributed by atoms with Crippen molar-refractivity contribution in [1.29, 1.82) is 0 Å². The molecule has 1 aliphatic heterocycles. The van der Waals surface area contributed by atoms with Gasteiger partial charge in [0, 0.05) is 5.56 Å². The molecule has 0 spiro atoms. The van der Waals surface area contributed by atoms with E-state index in [0.717, 1.165) is 17.7 Å². The van der Waals surface area contributed by atoms with Crippen LogP contribution in [-0.2, 0) is 15.7 Å². The molecule has 1 aromatic rings. The van der Waals surface area contributed by atoms with Crippen LogP contribution in [-0.4, -0.2) is 25.4 Å². The molecule has 0 saturated carbocycles. The first-order valence-electron chi connectivity index (χ1n) is 7.06. The number of allylic oxidation sites excluding steroid dienone is 1. The molecule has 0 amide bonds. The van der Waals surface area contributed by atoms with Crippen molar-refractivity contribution >= 4 is 13.2 Å². The molecule has 0 radical (unpaired) electrons. The van der Waals surface area contributed by atoms with Crippen LogP contribution in [0.3, 0.4) is 0 Å². The first-order valence-corrected chi connectivity index (χ1v) is 7.06. The van der Waals surface area contributed by atoms with Gasteiger partial charge in [-0.05, 0) is 51.2 Å². The lowest BCUT2D eigenvalue weighted by Gasteiger charge is -2.32. The van der Waals surface area contributed by atoms with Crippen LogP contribution in [0.5, 0.6) is 5.75 Å². The Morgan fingerprint density at radius 1 is 1.10 bits per heavy atom. The van der Waals surface area contributed by atoms with E-state index in [-0.39, 0.29) is 18.3 Å². The predicted molar refractivity (Wildman–Crippen MR) is 80.8 cm³/mol. The van der Waals surface area contributed by atoms with E-state index in [4.69, 9.17) is 14.0 Å². The molecule has 1 aliphatic carbocycles. The lowest BCUT2D eigenvalue weighted by Crippen LogP contribution is -2.41. The Kier molecular flexibility index (Phi) is 3.00. The van der Waals surface area contributed by atoms with Gasteiger partial charge >= 0.3 is 7.12 Å². The van der Waals surface area contributed by atoms with Crippen molar-refractivity contribution < 1.29 is 14.0 Å². The highest BCUT2D eigenvalue weighted by Gasteiger charge is 2.52. The van der Waals surface area contributed by atoms with E-state index in [1.165, 1.54) is 11.0 Å². The third kappa shape index (κ3) is 1.98.